The van der Waals surface area contributed by atoms with Crippen LogP contribution in [-0.4, -0.2) is 44.8 Å². The number of carbonyl (C=O) groups excluding carboxylic acids is 1. The predicted octanol–water partition coefficient (Wildman–Crippen LogP) is 1.81. The van der Waals surface area contributed by atoms with E-state index >= 15 is 0 Å². The minimum atomic E-state index is -0.836. The second-order valence-electron chi connectivity index (χ2n) is 5.44. The van der Waals surface area contributed by atoms with Crippen LogP contribution in [0, 0.1) is 5.92 Å². The van der Waals surface area contributed by atoms with E-state index in [4.69, 9.17) is 5.11 Å². The molecule has 0 saturated carbocycles. The fourth-order valence-corrected chi connectivity index (χ4v) is 2.70. The van der Waals surface area contributed by atoms with Gasteiger partial charge in [0, 0.05) is 19.3 Å². The van der Waals surface area contributed by atoms with Gasteiger partial charge in [-0.1, -0.05) is 18.2 Å². The Morgan fingerprint density at radius 2 is 2.00 bits per heavy atom. The van der Waals surface area contributed by atoms with E-state index in [2.05, 4.69) is 5.10 Å². The highest BCUT2D eigenvalue weighted by Crippen LogP contribution is 2.19. The maximum absolute atomic E-state index is 12.5. The Hall–Kier alpha value is -2.63. The molecule has 2 aromatic rings. The smallest absolute Gasteiger partial charge is 0.308 e. The van der Waals surface area contributed by atoms with Crippen LogP contribution in [0.2, 0.25) is 0 Å². The highest BCUT2D eigenvalue weighted by atomic mass is 16.4. The lowest BCUT2D eigenvalue weighted by Crippen LogP contribution is -2.42. The average molecular weight is 299 g/mol. The lowest BCUT2D eigenvalue weighted by Gasteiger charge is -2.30. The minimum absolute atomic E-state index is 0.159. The fraction of sp³-hybridized carbons (Fsp3) is 0.312. The molecular weight excluding hydrogens is 282 g/mol. The van der Waals surface area contributed by atoms with Crippen molar-refractivity contribution in [2.24, 2.45) is 5.92 Å². The van der Waals surface area contributed by atoms with Gasteiger partial charge in [0.1, 0.15) is 0 Å². The third-order valence-electron chi connectivity index (χ3n) is 3.91. The number of amides is 1. The fourth-order valence-electron chi connectivity index (χ4n) is 2.70. The van der Waals surface area contributed by atoms with Crippen LogP contribution in [0.4, 0.5) is 0 Å². The molecule has 0 radical (unpaired) electrons. The van der Waals surface area contributed by atoms with E-state index in [0.29, 0.717) is 18.5 Å². The number of rotatable bonds is 3. The third-order valence-corrected chi connectivity index (χ3v) is 3.91. The van der Waals surface area contributed by atoms with Gasteiger partial charge in [-0.25, -0.2) is 4.68 Å². The van der Waals surface area contributed by atoms with Gasteiger partial charge in [0.15, 0.2) is 0 Å². The monoisotopic (exact) mass is 299 g/mol. The largest absolute Gasteiger partial charge is 0.481 e. The number of hydrogen-bond acceptors (Lipinski definition) is 3. The van der Waals surface area contributed by atoms with Crippen molar-refractivity contribution in [3.05, 3.63) is 48.3 Å². The number of likely N-dealkylation sites (tertiary alicyclic amines) is 1. The van der Waals surface area contributed by atoms with Gasteiger partial charge in [-0.15, -0.1) is 0 Å². The lowest BCUT2D eigenvalue weighted by molar-refractivity contribution is -0.143. The van der Waals surface area contributed by atoms with Crippen LogP contribution in [0.3, 0.4) is 0 Å². The summed E-state index contributed by atoms with van der Waals surface area (Å²) >= 11 is 0. The molecule has 2 heterocycles. The van der Waals surface area contributed by atoms with Gasteiger partial charge in [-0.3, -0.25) is 9.59 Å². The SMILES string of the molecule is O=C(O)[C@@H]1CCCN(C(=O)c2cnn(-c3ccccc3)c2)C1. The van der Waals surface area contributed by atoms with E-state index in [-0.39, 0.29) is 12.5 Å². The van der Waals surface area contributed by atoms with E-state index in [1.54, 1.807) is 15.8 Å². The number of hydrogen-bond donors (Lipinski definition) is 1. The molecule has 1 N–H and O–H groups in total. The van der Waals surface area contributed by atoms with Crippen molar-refractivity contribution in [2.45, 2.75) is 12.8 Å². The summed E-state index contributed by atoms with van der Waals surface area (Å²) < 4.78 is 1.64. The zero-order chi connectivity index (χ0) is 15.5. The summed E-state index contributed by atoms with van der Waals surface area (Å²) in [6, 6.07) is 9.53. The molecule has 0 unspecified atom stereocenters. The zero-order valence-electron chi connectivity index (χ0n) is 12.1. The normalized spacial score (nSPS) is 18.2. The molecule has 1 atom stereocenters. The standard InChI is InChI=1S/C16H17N3O3/c20-15(18-8-4-5-12(10-18)16(21)22)13-9-17-19(11-13)14-6-2-1-3-7-14/h1-3,6-7,9,11-12H,4-5,8,10H2,(H,21,22)/t12-/m1/s1. The van der Waals surface area contributed by atoms with Crippen molar-refractivity contribution < 1.29 is 14.7 Å². The Labute approximate surface area is 128 Å². The first-order chi connectivity index (χ1) is 10.6. The first-order valence-electron chi connectivity index (χ1n) is 7.27. The molecule has 1 aromatic carbocycles. The number of piperidine rings is 1. The van der Waals surface area contributed by atoms with Gasteiger partial charge in [-0.2, -0.15) is 5.10 Å². The zero-order valence-corrected chi connectivity index (χ0v) is 12.1. The van der Waals surface area contributed by atoms with Gasteiger partial charge >= 0.3 is 5.97 Å². The molecule has 6 nitrogen and oxygen atoms in total. The first kappa shape index (κ1) is 14.3. The number of benzene rings is 1. The number of carboxylic acids is 1. The molecule has 1 amide bonds. The minimum Gasteiger partial charge on any atom is -0.481 e. The molecule has 22 heavy (non-hydrogen) atoms. The highest BCUT2D eigenvalue weighted by Gasteiger charge is 2.29. The number of aliphatic carboxylic acids is 1. The lowest BCUT2D eigenvalue weighted by atomic mass is 9.98. The Balaban J connectivity index is 1.76. The van der Waals surface area contributed by atoms with E-state index in [0.717, 1.165) is 12.1 Å². The Morgan fingerprint density at radius 3 is 2.73 bits per heavy atom. The summed E-state index contributed by atoms with van der Waals surface area (Å²) in [6.45, 7) is 0.865. The molecule has 0 aliphatic carbocycles. The number of aromatic nitrogens is 2. The van der Waals surface area contributed by atoms with Crippen LogP contribution in [-0.2, 0) is 4.79 Å². The van der Waals surface area contributed by atoms with Crippen LogP contribution in [0.5, 0.6) is 0 Å². The number of nitrogens with zero attached hydrogens (tertiary/aromatic N) is 3. The number of carboxylic acid groups (broad SMARTS) is 1. The predicted molar refractivity (Wildman–Crippen MR) is 79.8 cm³/mol. The second kappa shape index (κ2) is 6.01. The molecule has 1 saturated heterocycles. The van der Waals surface area contributed by atoms with Crippen molar-refractivity contribution in [3.8, 4) is 5.69 Å². The Bertz CT molecular complexity index is 681. The Morgan fingerprint density at radius 1 is 1.23 bits per heavy atom. The average Bonchev–Trinajstić information content (AvgIpc) is 3.05. The molecule has 3 rings (SSSR count). The number of para-hydroxylation sites is 1. The summed E-state index contributed by atoms with van der Waals surface area (Å²) in [6.07, 6.45) is 4.56. The molecule has 1 aliphatic heterocycles. The summed E-state index contributed by atoms with van der Waals surface area (Å²) in [5.74, 6) is -1.47. The maximum atomic E-state index is 12.5. The quantitative estimate of drug-likeness (QED) is 0.938. The molecule has 0 spiro atoms. The van der Waals surface area contributed by atoms with Crippen LogP contribution < -0.4 is 0 Å². The van der Waals surface area contributed by atoms with Gasteiger partial charge in [0.2, 0.25) is 0 Å². The molecule has 114 valence electrons. The van der Waals surface area contributed by atoms with Crippen LogP contribution in [0.1, 0.15) is 23.2 Å². The third kappa shape index (κ3) is 2.86. The van der Waals surface area contributed by atoms with Crippen molar-refractivity contribution in [2.75, 3.05) is 13.1 Å². The molecule has 0 bridgehead atoms. The van der Waals surface area contributed by atoms with Crippen LogP contribution >= 0.6 is 0 Å². The maximum Gasteiger partial charge on any atom is 0.308 e. The van der Waals surface area contributed by atoms with Crippen LogP contribution in [0.15, 0.2) is 42.7 Å². The summed E-state index contributed by atoms with van der Waals surface area (Å²) in [7, 11) is 0. The molecule has 1 aliphatic rings. The first-order valence-corrected chi connectivity index (χ1v) is 7.27. The van der Waals surface area contributed by atoms with Gasteiger partial charge in [-0.05, 0) is 25.0 Å². The molecule has 1 aromatic heterocycles. The van der Waals surface area contributed by atoms with Gasteiger partial charge in [0.25, 0.3) is 5.91 Å². The van der Waals surface area contributed by atoms with Crippen molar-refractivity contribution in [1.29, 1.82) is 0 Å². The van der Waals surface area contributed by atoms with Crippen LogP contribution in [0.25, 0.3) is 5.69 Å². The van der Waals surface area contributed by atoms with Gasteiger partial charge < -0.3 is 10.0 Å². The summed E-state index contributed by atoms with van der Waals surface area (Å²) in [5, 5.41) is 13.3. The van der Waals surface area contributed by atoms with E-state index in [9.17, 15) is 9.59 Å². The van der Waals surface area contributed by atoms with Crippen molar-refractivity contribution >= 4 is 11.9 Å². The Kier molecular flexibility index (Phi) is 3.91. The highest BCUT2D eigenvalue weighted by molar-refractivity contribution is 5.94. The van der Waals surface area contributed by atoms with Crippen molar-refractivity contribution in [1.82, 2.24) is 14.7 Å². The topological polar surface area (TPSA) is 75.4 Å². The number of carbonyl (C=O) groups is 2. The van der Waals surface area contributed by atoms with E-state index in [1.807, 2.05) is 30.3 Å². The van der Waals surface area contributed by atoms with Gasteiger partial charge in [0.05, 0.1) is 23.4 Å². The van der Waals surface area contributed by atoms with E-state index < -0.39 is 11.9 Å². The summed E-state index contributed by atoms with van der Waals surface area (Å²) in [4.78, 5) is 25.2. The molecule has 6 heteroatoms. The summed E-state index contributed by atoms with van der Waals surface area (Å²) in [5.41, 5.74) is 1.36. The van der Waals surface area contributed by atoms with E-state index in [1.165, 1.54) is 6.20 Å². The molecule has 1 fully saturated rings. The molecular formula is C16H17N3O3. The second-order valence-corrected chi connectivity index (χ2v) is 5.44. The van der Waals surface area contributed by atoms with Crippen molar-refractivity contribution in [3.63, 3.8) is 0 Å².